The average molecular weight is 472 g/mol. The fourth-order valence-corrected chi connectivity index (χ4v) is 4.89. The largest absolute Gasteiger partial charge is 0.496 e. The van der Waals surface area contributed by atoms with Gasteiger partial charge in [-0.05, 0) is 57.3 Å². The van der Waals surface area contributed by atoms with Gasteiger partial charge in [0.1, 0.15) is 17.5 Å². The number of para-hydroxylation sites is 1. The van der Waals surface area contributed by atoms with Crippen LogP contribution in [0.2, 0.25) is 0 Å². The molecule has 0 unspecified atom stereocenters. The molecule has 0 aliphatic carbocycles. The van der Waals surface area contributed by atoms with Gasteiger partial charge in [-0.15, -0.1) is 5.10 Å². The summed E-state index contributed by atoms with van der Waals surface area (Å²) in [6.07, 6.45) is 8.19. The number of likely N-dealkylation sites (tertiary alicyclic amines) is 1. The van der Waals surface area contributed by atoms with Crippen molar-refractivity contribution in [3.8, 4) is 17.0 Å². The van der Waals surface area contributed by atoms with Crippen molar-refractivity contribution in [2.45, 2.75) is 69.7 Å². The molecule has 186 valence electrons. The molecule has 1 aromatic heterocycles. The van der Waals surface area contributed by atoms with Gasteiger partial charge in [0.05, 0.1) is 32.1 Å². The molecule has 9 nitrogen and oxygen atoms in total. The van der Waals surface area contributed by atoms with Gasteiger partial charge in [-0.1, -0.05) is 23.8 Å². The third-order valence-corrected chi connectivity index (χ3v) is 6.85. The van der Waals surface area contributed by atoms with Crippen LogP contribution in [0, 0.1) is 0 Å². The van der Waals surface area contributed by atoms with Gasteiger partial charge >= 0.3 is 0 Å². The number of benzene rings is 1. The van der Waals surface area contributed by atoms with Gasteiger partial charge in [-0.2, -0.15) is 0 Å². The number of nitrogens with one attached hydrogen (secondary N) is 1. The van der Waals surface area contributed by atoms with Crippen LogP contribution in [0.4, 0.5) is 0 Å². The molecular formula is C25H37N5O4. The van der Waals surface area contributed by atoms with E-state index in [0.29, 0.717) is 13.0 Å². The van der Waals surface area contributed by atoms with Crippen molar-refractivity contribution in [2.24, 2.45) is 0 Å². The minimum atomic E-state index is -0.377. The second-order valence-corrected chi connectivity index (χ2v) is 9.24. The lowest BCUT2D eigenvalue weighted by molar-refractivity contribution is -0.129. The van der Waals surface area contributed by atoms with E-state index < -0.39 is 0 Å². The van der Waals surface area contributed by atoms with Crippen molar-refractivity contribution < 1.29 is 19.4 Å². The number of amides is 1. The summed E-state index contributed by atoms with van der Waals surface area (Å²) in [5.74, 6) is 0.808. The van der Waals surface area contributed by atoms with Crippen LogP contribution >= 0.6 is 0 Å². The van der Waals surface area contributed by atoms with Crippen LogP contribution in [0.5, 0.6) is 5.75 Å². The van der Waals surface area contributed by atoms with Crippen LogP contribution in [0.25, 0.3) is 11.3 Å². The molecule has 2 N–H and O–H groups in total. The van der Waals surface area contributed by atoms with Crippen molar-refractivity contribution in [3.63, 3.8) is 0 Å². The Kier molecular flexibility index (Phi) is 8.90. The van der Waals surface area contributed by atoms with E-state index in [1.807, 2.05) is 35.1 Å². The molecule has 9 heteroatoms. The van der Waals surface area contributed by atoms with E-state index in [1.165, 1.54) is 19.3 Å². The molecule has 4 rings (SSSR count). The molecule has 0 bridgehead atoms. The molecule has 0 spiro atoms. The topological polar surface area (TPSA) is 102 Å². The molecule has 3 heterocycles. The van der Waals surface area contributed by atoms with Crippen LogP contribution < -0.4 is 10.1 Å². The van der Waals surface area contributed by atoms with E-state index >= 15 is 0 Å². The second-order valence-electron chi connectivity index (χ2n) is 9.24. The van der Waals surface area contributed by atoms with Gasteiger partial charge in [0.15, 0.2) is 0 Å². The highest BCUT2D eigenvalue weighted by Crippen LogP contribution is 2.28. The van der Waals surface area contributed by atoms with Gasteiger partial charge in [0, 0.05) is 25.1 Å². The number of aliphatic hydroxyl groups is 1. The monoisotopic (exact) mass is 471 g/mol. The maximum absolute atomic E-state index is 12.5. The number of carbonyl (C=O) groups is 1. The summed E-state index contributed by atoms with van der Waals surface area (Å²) in [7, 11) is 1.64. The van der Waals surface area contributed by atoms with Crippen molar-refractivity contribution in [1.82, 2.24) is 25.2 Å². The zero-order chi connectivity index (χ0) is 23.8. The number of piperidine rings is 1. The van der Waals surface area contributed by atoms with E-state index in [9.17, 15) is 9.90 Å². The Hall–Kier alpha value is -2.49. The number of carbonyl (C=O) groups excluding carboxylic acids is 1. The number of aliphatic hydroxyl groups excluding tert-OH is 1. The number of rotatable bonds is 10. The predicted molar refractivity (Wildman–Crippen MR) is 128 cm³/mol. The molecule has 1 aromatic carbocycles. The number of hydrogen-bond donors (Lipinski definition) is 2. The molecule has 2 aromatic rings. The Labute approximate surface area is 201 Å². The lowest BCUT2D eigenvalue weighted by Gasteiger charge is -2.36. The van der Waals surface area contributed by atoms with E-state index in [4.69, 9.17) is 9.47 Å². The second kappa shape index (κ2) is 12.3. The van der Waals surface area contributed by atoms with Crippen molar-refractivity contribution in [3.05, 3.63) is 30.5 Å². The van der Waals surface area contributed by atoms with Gasteiger partial charge < -0.3 is 24.8 Å². The first-order chi connectivity index (χ1) is 16.7. The third-order valence-electron chi connectivity index (χ3n) is 6.85. The number of aromatic nitrogens is 3. The smallest absolute Gasteiger partial charge is 0.221 e. The van der Waals surface area contributed by atoms with Gasteiger partial charge in [0.2, 0.25) is 5.91 Å². The summed E-state index contributed by atoms with van der Waals surface area (Å²) in [5.41, 5.74) is 1.67. The Bertz CT molecular complexity index is 914. The molecule has 2 saturated heterocycles. The maximum Gasteiger partial charge on any atom is 0.221 e. The number of hydrogen-bond acceptors (Lipinski definition) is 7. The lowest BCUT2D eigenvalue weighted by atomic mass is 9.97. The average Bonchev–Trinajstić information content (AvgIpc) is 3.36. The van der Waals surface area contributed by atoms with E-state index in [2.05, 4.69) is 20.5 Å². The summed E-state index contributed by atoms with van der Waals surface area (Å²) < 4.78 is 13.4. The Morgan fingerprint density at radius 2 is 2.03 bits per heavy atom. The third kappa shape index (κ3) is 6.55. The van der Waals surface area contributed by atoms with Gasteiger partial charge in [-0.25, -0.2) is 0 Å². The Morgan fingerprint density at radius 1 is 1.21 bits per heavy atom. The summed E-state index contributed by atoms with van der Waals surface area (Å²) in [5, 5.41) is 21.5. The van der Waals surface area contributed by atoms with Crippen molar-refractivity contribution in [1.29, 1.82) is 0 Å². The van der Waals surface area contributed by atoms with E-state index in [0.717, 1.165) is 55.9 Å². The summed E-state index contributed by atoms with van der Waals surface area (Å²) >= 11 is 0. The Morgan fingerprint density at radius 3 is 2.82 bits per heavy atom. The van der Waals surface area contributed by atoms with Crippen LogP contribution in [0.1, 0.15) is 44.9 Å². The molecule has 0 radical (unpaired) electrons. The Balaban J connectivity index is 1.22. The fourth-order valence-electron chi connectivity index (χ4n) is 4.89. The highest BCUT2D eigenvalue weighted by Gasteiger charge is 2.32. The molecule has 3 atom stereocenters. The zero-order valence-electron chi connectivity index (χ0n) is 20.1. The normalized spacial score (nSPS) is 23.5. The summed E-state index contributed by atoms with van der Waals surface area (Å²) in [6, 6.07) is 7.60. The highest BCUT2D eigenvalue weighted by atomic mass is 16.5. The number of ether oxygens (including phenoxy) is 2. The molecule has 2 aliphatic rings. The first-order valence-corrected chi connectivity index (χ1v) is 12.5. The zero-order valence-corrected chi connectivity index (χ0v) is 20.1. The summed E-state index contributed by atoms with van der Waals surface area (Å²) in [6.45, 7) is 3.55. The lowest BCUT2D eigenvalue weighted by Crippen LogP contribution is -2.51. The predicted octanol–water partition coefficient (Wildman–Crippen LogP) is 2.24. The number of methoxy groups -OCH3 is 1. The van der Waals surface area contributed by atoms with Crippen molar-refractivity contribution in [2.75, 3.05) is 33.4 Å². The molecule has 2 aliphatic heterocycles. The SMILES string of the molecule is COc1ccccc1-c1cn(CC[C@H]2CC[C@@H](NC(=O)CCN3CCCCC3)[C@@H](CO)O2)nn1. The van der Waals surface area contributed by atoms with Crippen LogP contribution in [0.3, 0.4) is 0 Å². The molecule has 1 amide bonds. The van der Waals surface area contributed by atoms with Crippen molar-refractivity contribution >= 4 is 5.91 Å². The highest BCUT2D eigenvalue weighted by molar-refractivity contribution is 5.76. The minimum Gasteiger partial charge on any atom is -0.496 e. The number of nitrogens with zero attached hydrogens (tertiary/aromatic N) is 4. The van der Waals surface area contributed by atoms with Gasteiger partial charge in [-0.3, -0.25) is 9.48 Å². The van der Waals surface area contributed by atoms with Gasteiger partial charge in [0.25, 0.3) is 0 Å². The molecule has 34 heavy (non-hydrogen) atoms. The minimum absolute atomic E-state index is 0.0116. The maximum atomic E-state index is 12.5. The van der Waals surface area contributed by atoms with Crippen LogP contribution in [0.15, 0.2) is 30.5 Å². The first-order valence-electron chi connectivity index (χ1n) is 12.5. The first kappa shape index (κ1) is 24.6. The standard InChI is InChI=1S/C25H37N5O4/c1-33-23-8-4-3-7-20(23)22-17-30(28-27-22)16-11-19-9-10-21(24(18-31)34-19)26-25(32)12-15-29-13-5-2-6-14-29/h3-4,7-8,17,19,21,24,31H,2,5-6,9-16,18H2,1H3,(H,26,32)/t19-,21-,24-/m1/s1. The van der Waals surface area contributed by atoms with Crippen LogP contribution in [-0.2, 0) is 16.1 Å². The van der Waals surface area contributed by atoms with Crippen LogP contribution in [-0.4, -0.2) is 82.5 Å². The fraction of sp³-hybridized carbons (Fsp3) is 0.640. The molecular weight excluding hydrogens is 434 g/mol. The van der Waals surface area contributed by atoms with E-state index in [1.54, 1.807) is 7.11 Å². The quantitative estimate of drug-likeness (QED) is 0.548. The van der Waals surface area contributed by atoms with E-state index in [-0.39, 0.29) is 30.8 Å². The molecule has 2 fully saturated rings. The summed E-state index contributed by atoms with van der Waals surface area (Å²) in [4.78, 5) is 14.8. The number of aryl methyl sites for hydroxylation is 1. The molecule has 0 saturated carbocycles.